The van der Waals surface area contributed by atoms with Gasteiger partial charge >= 0.3 is 0 Å². The van der Waals surface area contributed by atoms with Gasteiger partial charge in [0.25, 0.3) is 5.91 Å². The zero-order valence-corrected chi connectivity index (χ0v) is 14.3. The van der Waals surface area contributed by atoms with Crippen LogP contribution in [0.2, 0.25) is 0 Å². The van der Waals surface area contributed by atoms with Crippen LogP contribution in [0.4, 0.5) is 5.69 Å². The normalized spacial score (nSPS) is 10.0. The molecule has 23 heavy (non-hydrogen) atoms. The lowest BCUT2D eigenvalue weighted by atomic mass is 10.1. The fraction of sp³-hybridized carbons (Fsp3) is 0.222. The molecule has 0 radical (unpaired) electrons. The maximum absolute atomic E-state index is 12.2. The van der Waals surface area contributed by atoms with Gasteiger partial charge in [0.2, 0.25) is 0 Å². The fourth-order valence-electron chi connectivity index (χ4n) is 2.05. The number of anilines is 1. The van der Waals surface area contributed by atoms with Gasteiger partial charge in [-0.25, -0.2) is 0 Å². The molecule has 120 valence electrons. The van der Waals surface area contributed by atoms with E-state index in [4.69, 9.17) is 17.0 Å². The van der Waals surface area contributed by atoms with E-state index < -0.39 is 0 Å². The highest BCUT2D eigenvalue weighted by atomic mass is 32.1. The second-order valence-electron chi connectivity index (χ2n) is 5.17. The molecule has 2 aromatic rings. The van der Waals surface area contributed by atoms with E-state index in [0.29, 0.717) is 17.9 Å². The summed E-state index contributed by atoms with van der Waals surface area (Å²) in [5, 5.41) is 5.96. The van der Waals surface area contributed by atoms with E-state index in [1.807, 2.05) is 45.0 Å². The molecule has 0 aliphatic rings. The maximum atomic E-state index is 12.2. The van der Waals surface area contributed by atoms with E-state index in [1.54, 1.807) is 18.2 Å². The molecule has 4 nitrogen and oxygen atoms in total. The highest BCUT2D eigenvalue weighted by Gasteiger charge is 2.09. The van der Waals surface area contributed by atoms with Crippen LogP contribution in [0, 0.1) is 13.8 Å². The second-order valence-corrected chi connectivity index (χ2v) is 5.58. The van der Waals surface area contributed by atoms with Crippen LogP contribution in [-0.2, 0) is 0 Å². The molecule has 2 N–H and O–H groups in total. The third-order valence-corrected chi connectivity index (χ3v) is 3.60. The van der Waals surface area contributed by atoms with Crippen LogP contribution in [0.5, 0.6) is 5.75 Å². The van der Waals surface area contributed by atoms with Crippen molar-refractivity contribution in [3.63, 3.8) is 0 Å². The summed E-state index contributed by atoms with van der Waals surface area (Å²) < 4.78 is 5.39. The number of hydrogen-bond acceptors (Lipinski definition) is 3. The Morgan fingerprint density at radius 3 is 2.61 bits per heavy atom. The molecule has 0 fully saturated rings. The van der Waals surface area contributed by atoms with Crippen molar-refractivity contribution in [2.24, 2.45) is 0 Å². The smallest absolute Gasteiger partial charge is 0.257 e. The van der Waals surface area contributed by atoms with Crippen molar-refractivity contribution in [1.29, 1.82) is 0 Å². The topological polar surface area (TPSA) is 50.4 Å². The molecule has 0 bridgehead atoms. The summed E-state index contributed by atoms with van der Waals surface area (Å²) in [7, 11) is 0. The van der Waals surface area contributed by atoms with Gasteiger partial charge in [-0.15, -0.1) is 0 Å². The van der Waals surface area contributed by atoms with Crippen molar-refractivity contribution in [2.45, 2.75) is 20.8 Å². The third-order valence-electron chi connectivity index (χ3n) is 3.40. The van der Waals surface area contributed by atoms with Gasteiger partial charge in [-0.3, -0.25) is 10.1 Å². The summed E-state index contributed by atoms with van der Waals surface area (Å²) in [5.74, 6) is 0.390. The second kappa shape index (κ2) is 7.74. The zero-order valence-electron chi connectivity index (χ0n) is 13.5. The Labute approximate surface area is 141 Å². The van der Waals surface area contributed by atoms with Gasteiger partial charge in [0.05, 0.1) is 6.61 Å². The van der Waals surface area contributed by atoms with Crippen LogP contribution >= 0.6 is 12.2 Å². The van der Waals surface area contributed by atoms with E-state index in [0.717, 1.165) is 11.3 Å². The standard InChI is InChI=1S/C18H20N2O2S/c1-4-22-16-7-5-6-14(11-16)17(21)20-18(23)19-15-9-8-12(2)13(3)10-15/h5-11H,4H2,1-3H3,(H2,19,20,21,23). The highest BCUT2D eigenvalue weighted by Crippen LogP contribution is 2.15. The number of benzene rings is 2. The Bertz CT molecular complexity index is 729. The summed E-state index contributed by atoms with van der Waals surface area (Å²) in [6.45, 7) is 6.53. The SMILES string of the molecule is CCOc1cccc(C(=O)NC(=S)Nc2ccc(C)c(C)c2)c1. The van der Waals surface area contributed by atoms with Crippen LogP contribution in [0.1, 0.15) is 28.4 Å². The molecule has 2 aromatic carbocycles. The lowest BCUT2D eigenvalue weighted by molar-refractivity contribution is 0.0977. The summed E-state index contributed by atoms with van der Waals surface area (Å²) >= 11 is 5.20. The molecule has 0 saturated heterocycles. The average molecular weight is 328 g/mol. The lowest BCUT2D eigenvalue weighted by Crippen LogP contribution is -2.34. The Hall–Kier alpha value is -2.40. The molecule has 5 heteroatoms. The molecule has 0 atom stereocenters. The van der Waals surface area contributed by atoms with E-state index in [1.165, 1.54) is 5.56 Å². The lowest BCUT2D eigenvalue weighted by Gasteiger charge is -2.11. The van der Waals surface area contributed by atoms with Crippen LogP contribution < -0.4 is 15.4 Å². The molecule has 0 aromatic heterocycles. The number of rotatable bonds is 4. The summed E-state index contributed by atoms with van der Waals surface area (Å²) in [6.07, 6.45) is 0. The van der Waals surface area contributed by atoms with Crippen molar-refractivity contribution in [3.8, 4) is 5.75 Å². The minimum Gasteiger partial charge on any atom is -0.494 e. The number of hydrogen-bond donors (Lipinski definition) is 2. The summed E-state index contributed by atoms with van der Waals surface area (Å²) in [4.78, 5) is 12.2. The van der Waals surface area contributed by atoms with Gasteiger partial charge in [-0.05, 0) is 74.4 Å². The van der Waals surface area contributed by atoms with Crippen molar-refractivity contribution >= 4 is 28.9 Å². The van der Waals surface area contributed by atoms with Crippen molar-refractivity contribution in [1.82, 2.24) is 5.32 Å². The van der Waals surface area contributed by atoms with Crippen LogP contribution in [-0.4, -0.2) is 17.6 Å². The average Bonchev–Trinajstić information content (AvgIpc) is 2.51. The first-order chi connectivity index (χ1) is 11.0. The van der Waals surface area contributed by atoms with Gasteiger partial charge in [0.1, 0.15) is 5.75 Å². The van der Waals surface area contributed by atoms with E-state index in [9.17, 15) is 4.79 Å². The number of carbonyl (C=O) groups excluding carboxylic acids is 1. The quantitative estimate of drug-likeness (QED) is 0.838. The molecule has 0 spiro atoms. The summed E-state index contributed by atoms with van der Waals surface area (Å²) in [5.41, 5.74) is 3.72. The van der Waals surface area contributed by atoms with E-state index in [-0.39, 0.29) is 11.0 Å². The molecule has 0 heterocycles. The first kappa shape index (κ1) is 17.0. The first-order valence-electron chi connectivity index (χ1n) is 7.42. The Kier molecular flexibility index (Phi) is 5.71. The van der Waals surface area contributed by atoms with E-state index in [2.05, 4.69) is 10.6 Å². The van der Waals surface area contributed by atoms with Gasteiger partial charge < -0.3 is 10.1 Å². The van der Waals surface area contributed by atoms with Gasteiger partial charge in [-0.2, -0.15) is 0 Å². The summed E-state index contributed by atoms with van der Waals surface area (Å²) in [6, 6.07) is 12.9. The number of thiocarbonyl (C=S) groups is 1. The molecule has 0 unspecified atom stereocenters. The Morgan fingerprint density at radius 2 is 1.91 bits per heavy atom. The monoisotopic (exact) mass is 328 g/mol. The van der Waals surface area contributed by atoms with Gasteiger partial charge in [0, 0.05) is 11.3 Å². The number of aryl methyl sites for hydroxylation is 2. The molecular weight excluding hydrogens is 308 g/mol. The van der Waals surface area contributed by atoms with Crippen LogP contribution in [0.3, 0.4) is 0 Å². The molecule has 0 saturated carbocycles. The number of ether oxygens (including phenoxy) is 1. The Morgan fingerprint density at radius 1 is 1.13 bits per heavy atom. The largest absolute Gasteiger partial charge is 0.494 e. The number of amides is 1. The molecular formula is C18H20N2O2S. The minimum atomic E-state index is -0.270. The minimum absolute atomic E-state index is 0.264. The Balaban J connectivity index is 2.00. The van der Waals surface area contributed by atoms with Crippen molar-refractivity contribution in [3.05, 3.63) is 59.2 Å². The first-order valence-corrected chi connectivity index (χ1v) is 7.83. The highest BCUT2D eigenvalue weighted by molar-refractivity contribution is 7.80. The predicted octanol–water partition coefficient (Wildman–Crippen LogP) is 3.83. The molecule has 0 aliphatic carbocycles. The zero-order chi connectivity index (χ0) is 16.8. The number of nitrogens with one attached hydrogen (secondary N) is 2. The predicted molar refractivity (Wildman–Crippen MR) is 97.2 cm³/mol. The van der Waals surface area contributed by atoms with Crippen molar-refractivity contribution in [2.75, 3.05) is 11.9 Å². The van der Waals surface area contributed by atoms with Gasteiger partial charge in [0.15, 0.2) is 5.11 Å². The van der Waals surface area contributed by atoms with Gasteiger partial charge in [-0.1, -0.05) is 12.1 Å². The molecule has 2 rings (SSSR count). The van der Waals surface area contributed by atoms with Crippen LogP contribution in [0.25, 0.3) is 0 Å². The van der Waals surface area contributed by atoms with Crippen molar-refractivity contribution < 1.29 is 9.53 Å². The fourth-order valence-corrected chi connectivity index (χ4v) is 2.26. The van der Waals surface area contributed by atoms with Crippen LogP contribution in [0.15, 0.2) is 42.5 Å². The van der Waals surface area contributed by atoms with E-state index >= 15 is 0 Å². The maximum Gasteiger partial charge on any atom is 0.257 e. The molecule has 0 aliphatic heterocycles. The molecule has 1 amide bonds. The number of carbonyl (C=O) groups is 1. The third kappa shape index (κ3) is 4.79.